The second kappa shape index (κ2) is 8.59. The summed E-state index contributed by atoms with van der Waals surface area (Å²) in [7, 11) is 0. The van der Waals surface area contributed by atoms with Crippen LogP contribution in [0, 0.1) is 23.2 Å². The summed E-state index contributed by atoms with van der Waals surface area (Å²) in [5, 5.41) is 0. The minimum atomic E-state index is 0.380. The predicted octanol–water partition coefficient (Wildman–Crippen LogP) is 6.23. The Hall–Kier alpha value is -0.480. The summed E-state index contributed by atoms with van der Waals surface area (Å²) in [5.74, 6) is 2.17. The number of hydrogen-bond donors (Lipinski definition) is 0. The Bertz CT molecular complexity index is 259. The summed E-state index contributed by atoms with van der Waals surface area (Å²) in [4.78, 5) is 0. The molecular formula is C18H34. The first kappa shape index (κ1) is 17.5. The molecule has 0 N–H and O–H groups in total. The Labute approximate surface area is 116 Å². The van der Waals surface area contributed by atoms with Crippen molar-refractivity contribution in [3.63, 3.8) is 0 Å². The van der Waals surface area contributed by atoms with Gasteiger partial charge < -0.3 is 0 Å². The summed E-state index contributed by atoms with van der Waals surface area (Å²) in [6.07, 6.45) is 8.80. The number of hydrogen-bond acceptors (Lipinski definition) is 0. The van der Waals surface area contributed by atoms with Crippen molar-refractivity contribution in [1.82, 2.24) is 0 Å². The van der Waals surface area contributed by atoms with Crippen LogP contribution in [0.5, 0.6) is 0 Å². The molecule has 0 aliphatic heterocycles. The lowest BCUT2D eigenvalue weighted by atomic mass is 9.65. The maximum Gasteiger partial charge on any atom is -0.0130 e. The van der Waals surface area contributed by atoms with E-state index in [9.17, 15) is 0 Å². The van der Waals surface area contributed by atoms with E-state index in [1.807, 2.05) is 0 Å². The fourth-order valence-electron chi connectivity index (χ4n) is 3.03. The minimum absolute atomic E-state index is 0.380. The Kier molecular flexibility index (Phi) is 8.36. The molecule has 0 radical (unpaired) electrons. The van der Waals surface area contributed by atoms with Gasteiger partial charge >= 0.3 is 0 Å². The molecule has 0 saturated heterocycles. The molecule has 0 aromatic heterocycles. The van der Waals surface area contributed by atoms with Gasteiger partial charge in [0.2, 0.25) is 0 Å². The Morgan fingerprint density at radius 1 is 1.22 bits per heavy atom. The van der Waals surface area contributed by atoms with E-state index in [4.69, 9.17) is 0 Å². The van der Waals surface area contributed by atoms with Crippen LogP contribution < -0.4 is 0 Å². The van der Waals surface area contributed by atoms with Crippen molar-refractivity contribution in [2.45, 2.75) is 73.6 Å². The lowest BCUT2D eigenvalue weighted by molar-refractivity contribution is 0.113. The van der Waals surface area contributed by atoms with Gasteiger partial charge in [0.25, 0.3) is 0 Å². The molecule has 0 aromatic carbocycles. The van der Waals surface area contributed by atoms with Gasteiger partial charge in [-0.3, -0.25) is 0 Å². The van der Waals surface area contributed by atoms with Gasteiger partial charge in [0.15, 0.2) is 0 Å². The van der Waals surface area contributed by atoms with Crippen LogP contribution in [0.3, 0.4) is 0 Å². The first-order valence-electron chi connectivity index (χ1n) is 7.78. The van der Waals surface area contributed by atoms with E-state index in [0.29, 0.717) is 11.3 Å². The topological polar surface area (TPSA) is 0 Å². The lowest BCUT2D eigenvalue weighted by Crippen LogP contribution is -2.32. The van der Waals surface area contributed by atoms with Crippen molar-refractivity contribution in [3.8, 4) is 0 Å². The van der Waals surface area contributed by atoms with E-state index < -0.39 is 0 Å². The largest absolute Gasteiger partial charge is 0.133 e. The van der Waals surface area contributed by atoms with Gasteiger partial charge in [0.05, 0.1) is 0 Å². The summed E-state index contributed by atoms with van der Waals surface area (Å²) in [5.41, 5.74) is 3.36. The number of allylic oxidation sites excluding steroid dienone is 1. The van der Waals surface area contributed by atoms with Gasteiger partial charge in [0.1, 0.15) is 0 Å². The molecule has 106 valence electrons. The van der Waals surface area contributed by atoms with Crippen LogP contribution in [0.25, 0.3) is 0 Å². The van der Waals surface area contributed by atoms with Gasteiger partial charge in [-0.15, -0.1) is 5.73 Å². The highest BCUT2D eigenvalue weighted by atomic mass is 14.4. The van der Waals surface area contributed by atoms with Crippen LogP contribution in [0.1, 0.15) is 73.6 Å². The second-order valence-corrected chi connectivity index (χ2v) is 6.40. The summed E-state index contributed by atoms with van der Waals surface area (Å²) in [6, 6.07) is 0. The first-order valence-corrected chi connectivity index (χ1v) is 7.78. The van der Waals surface area contributed by atoms with E-state index >= 15 is 0 Å². The van der Waals surface area contributed by atoms with E-state index in [-0.39, 0.29) is 0 Å². The Balaban J connectivity index is 4.58. The second-order valence-electron chi connectivity index (χ2n) is 6.40. The van der Waals surface area contributed by atoms with Crippen LogP contribution in [0.2, 0.25) is 0 Å². The van der Waals surface area contributed by atoms with Gasteiger partial charge in [-0.05, 0) is 42.1 Å². The Morgan fingerprint density at radius 2 is 1.83 bits per heavy atom. The zero-order chi connectivity index (χ0) is 14.2. The maximum absolute atomic E-state index is 3.73. The van der Waals surface area contributed by atoms with Crippen molar-refractivity contribution in [2.75, 3.05) is 0 Å². The fraction of sp³-hybridized carbons (Fsp3) is 0.833. The highest BCUT2D eigenvalue weighted by molar-refractivity contribution is 4.95. The van der Waals surface area contributed by atoms with Crippen molar-refractivity contribution >= 4 is 0 Å². The summed E-state index contributed by atoms with van der Waals surface area (Å²) >= 11 is 0. The molecule has 0 saturated carbocycles. The van der Waals surface area contributed by atoms with Gasteiger partial charge in [-0.1, -0.05) is 67.4 Å². The van der Waals surface area contributed by atoms with Crippen molar-refractivity contribution in [2.24, 2.45) is 23.2 Å². The molecule has 0 aromatic rings. The van der Waals surface area contributed by atoms with Crippen LogP contribution in [0.4, 0.5) is 0 Å². The third kappa shape index (κ3) is 5.02. The molecule has 0 fully saturated rings. The van der Waals surface area contributed by atoms with E-state index in [2.05, 4.69) is 59.9 Å². The summed E-state index contributed by atoms with van der Waals surface area (Å²) in [6.45, 7) is 17.9. The van der Waals surface area contributed by atoms with E-state index in [1.165, 1.54) is 32.1 Å². The summed E-state index contributed by atoms with van der Waals surface area (Å²) < 4.78 is 0. The molecule has 0 aliphatic rings. The lowest BCUT2D eigenvalue weighted by Gasteiger charge is -2.40. The smallest absolute Gasteiger partial charge is 0.0130 e. The molecule has 0 spiro atoms. The van der Waals surface area contributed by atoms with Gasteiger partial charge in [-0.25, -0.2) is 0 Å². The van der Waals surface area contributed by atoms with Crippen LogP contribution in [-0.4, -0.2) is 0 Å². The van der Waals surface area contributed by atoms with Crippen LogP contribution in [-0.2, 0) is 0 Å². The maximum atomic E-state index is 3.73. The molecular weight excluding hydrogens is 216 g/mol. The zero-order valence-electron chi connectivity index (χ0n) is 13.6. The molecule has 0 rings (SSSR count). The number of unbranched alkanes of at least 4 members (excludes halogenated alkanes) is 1. The normalized spacial score (nSPS) is 19.4. The highest BCUT2D eigenvalue weighted by Crippen LogP contribution is 2.42. The van der Waals surface area contributed by atoms with Crippen LogP contribution in [0.15, 0.2) is 18.4 Å². The molecule has 0 amide bonds. The van der Waals surface area contributed by atoms with E-state index in [1.54, 1.807) is 0 Å². The van der Waals surface area contributed by atoms with Crippen molar-refractivity contribution in [1.29, 1.82) is 0 Å². The third-order valence-corrected chi connectivity index (χ3v) is 5.10. The Morgan fingerprint density at radius 3 is 2.28 bits per heavy atom. The number of rotatable bonds is 9. The molecule has 4 atom stereocenters. The average molecular weight is 250 g/mol. The third-order valence-electron chi connectivity index (χ3n) is 5.10. The van der Waals surface area contributed by atoms with Gasteiger partial charge in [-0.2, -0.15) is 0 Å². The molecule has 18 heavy (non-hydrogen) atoms. The first-order chi connectivity index (χ1) is 8.42. The zero-order valence-corrected chi connectivity index (χ0v) is 13.6. The van der Waals surface area contributed by atoms with Crippen molar-refractivity contribution < 1.29 is 0 Å². The van der Waals surface area contributed by atoms with Crippen molar-refractivity contribution in [3.05, 3.63) is 18.4 Å². The molecule has 0 heterocycles. The SMILES string of the molecule is C=C=CC(C)C(C)(CC)C(C)CC(C)CCCC. The molecule has 0 bridgehead atoms. The molecule has 0 aliphatic carbocycles. The quantitative estimate of drug-likeness (QED) is 0.425. The van der Waals surface area contributed by atoms with E-state index in [0.717, 1.165) is 11.8 Å². The molecule has 0 nitrogen and oxygen atoms in total. The average Bonchev–Trinajstić information content (AvgIpc) is 2.35. The predicted molar refractivity (Wildman–Crippen MR) is 83.7 cm³/mol. The molecule has 4 unspecified atom stereocenters. The standard InChI is InChI=1S/C18H34/c1-8-11-13-15(4)14-17(6)18(7,10-3)16(5)12-9-2/h12,15-17H,2,8,10-11,13-14H2,1,3-7H3. The molecule has 0 heteroatoms. The fourth-order valence-corrected chi connectivity index (χ4v) is 3.03. The highest BCUT2D eigenvalue weighted by Gasteiger charge is 2.34. The van der Waals surface area contributed by atoms with Crippen LogP contribution >= 0.6 is 0 Å². The van der Waals surface area contributed by atoms with Gasteiger partial charge in [0, 0.05) is 0 Å². The minimum Gasteiger partial charge on any atom is -0.133 e. The monoisotopic (exact) mass is 250 g/mol.